The van der Waals surface area contributed by atoms with E-state index in [9.17, 15) is 9.59 Å². The van der Waals surface area contributed by atoms with Gasteiger partial charge in [0.15, 0.2) is 0 Å². The van der Waals surface area contributed by atoms with Crippen LogP contribution in [0.5, 0.6) is 5.88 Å². The summed E-state index contributed by atoms with van der Waals surface area (Å²) in [5.74, 6) is 0.247. The van der Waals surface area contributed by atoms with E-state index in [4.69, 9.17) is 4.74 Å². The number of carbonyl (C=O) groups is 2. The third-order valence-corrected chi connectivity index (χ3v) is 4.67. The van der Waals surface area contributed by atoms with Crippen LogP contribution in [-0.2, 0) is 4.79 Å². The molecule has 2 aliphatic rings. The van der Waals surface area contributed by atoms with Gasteiger partial charge in [-0.25, -0.2) is 4.98 Å². The lowest BCUT2D eigenvalue weighted by Crippen LogP contribution is -2.65. The van der Waals surface area contributed by atoms with Crippen molar-refractivity contribution >= 4 is 11.8 Å². The van der Waals surface area contributed by atoms with Crippen LogP contribution in [0.4, 0.5) is 0 Å². The highest BCUT2D eigenvalue weighted by molar-refractivity contribution is 5.96. The fraction of sp³-hybridized carbons (Fsp3) is 0.588. The van der Waals surface area contributed by atoms with Gasteiger partial charge in [0.25, 0.3) is 5.91 Å². The van der Waals surface area contributed by atoms with Gasteiger partial charge >= 0.3 is 0 Å². The highest BCUT2D eigenvalue weighted by atomic mass is 16.5. The standard InChI is InChI=1S/C17H25N5O3/c1-11-10-14(23)21-17(19-11)22-8-5-12(6-9-22)20-15(24)13-4-3-7-18-16(13)25-2/h3-4,7,11-12,17,19H,5-6,8-10H2,1-2H3,(H,20,24)(H,21,23). The molecule has 8 heteroatoms. The van der Waals surface area contributed by atoms with Gasteiger partial charge in [0, 0.05) is 37.8 Å². The summed E-state index contributed by atoms with van der Waals surface area (Å²) in [7, 11) is 1.50. The van der Waals surface area contributed by atoms with Gasteiger partial charge < -0.3 is 15.4 Å². The predicted octanol–water partition coefficient (Wildman–Crippen LogP) is 0.0660. The summed E-state index contributed by atoms with van der Waals surface area (Å²) in [5.41, 5.74) is 0.447. The van der Waals surface area contributed by atoms with E-state index in [1.54, 1.807) is 18.3 Å². The van der Waals surface area contributed by atoms with Gasteiger partial charge in [0.2, 0.25) is 11.8 Å². The predicted molar refractivity (Wildman–Crippen MR) is 92.0 cm³/mol. The van der Waals surface area contributed by atoms with E-state index in [1.807, 2.05) is 6.92 Å². The molecule has 3 N–H and O–H groups in total. The third-order valence-electron chi connectivity index (χ3n) is 4.67. The molecule has 25 heavy (non-hydrogen) atoms. The zero-order chi connectivity index (χ0) is 17.8. The molecular weight excluding hydrogens is 322 g/mol. The fourth-order valence-electron chi connectivity index (χ4n) is 3.35. The van der Waals surface area contributed by atoms with Crippen molar-refractivity contribution in [2.75, 3.05) is 20.2 Å². The molecule has 3 heterocycles. The molecule has 3 rings (SSSR count). The largest absolute Gasteiger partial charge is 0.480 e. The zero-order valence-electron chi connectivity index (χ0n) is 14.6. The van der Waals surface area contributed by atoms with E-state index in [1.165, 1.54) is 7.11 Å². The van der Waals surface area contributed by atoms with Crippen LogP contribution < -0.4 is 20.7 Å². The first-order valence-corrected chi connectivity index (χ1v) is 8.66. The average Bonchev–Trinajstić information content (AvgIpc) is 2.61. The molecule has 0 bridgehead atoms. The van der Waals surface area contributed by atoms with Gasteiger partial charge in [0.1, 0.15) is 11.9 Å². The Kier molecular flexibility index (Phi) is 5.50. The number of piperidine rings is 1. The number of hydrogen-bond acceptors (Lipinski definition) is 6. The summed E-state index contributed by atoms with van der Waals surface area (Å²) in [6.45, 7) is 3.62. The Morgan fingerprint density at radius 1 is 1.40 bits per heavy atom. The topological polar surface area (TPSA) is 95.6 Å². The highest BCUT2D eigenvalue weighted by Crippen LogP contribution is 2.17. The lowest BCUT2D eigenvalue weighted by Gasteiger charge is -2.41. The van der Waals surface area contributed by atoms with Crippen molar-refractivity contribution in [2.45, 2.75) is 44.6 Å². The minimum absolute atomic E-state index is 0.0790. The Morgan fingerprint density at radius 3 is 2.84 bits per heavy atom. The van der Waals surface area contributed by atoms with Crippen LogP contribution in [0.2, 0.25) is 0 Å². The third kappa shape index (κ3) is 4.26. The van der Waals surface area contributed by atoms with E-state index in [0.29, 0.717) is 17.9 Å². The van der Waals surface area contributed by atoms with Crippen LogP contribution in [0.25, 0.3) is 0 Å². The molecule has 0 spiro atoms. The first-order chi connectivity index (χ1) is 12.1. The molecule has 8 nitrogen and oxygen atoms in total. The lowest BCUT2D eigenvalue weighted by atomic mass is 10.0. The Hall–Kier alpha value is -2.19. The number of nitrogens with zero attached hydrogens (tertiary/aromatic N) is 2. The number of likely N-dealkylation sites (tertiary alicyclic amines) is 1. The Balaban J connectivity index is 1.52. The molecule has 2 fully saturated rings. The maximum atomic E-state index is 12.4. The molecule has 2 atom stereocenters. The number of rotatable bonds is 4. The molecule has 2 saturated heterocycles. The first-order valence-electron chi connectivity index (χ1n) is 8.66. The summed E-state index contributed by atoms with van der Waals surface area (Å²) in [6, 6.07) is 3.71. The second-order valence-corrected chi connectivity index (χ2v) is 6.59. The van der Waals surface area contributed by atoms with E-state index < -0.39 is 0 Å². The van der Waals surface area contributed by atoms with Crippen LogP contribution >= 0.6 is 0 Å². The first kappa shape index (κ1) is 17.6. The molecule has 2 amide bonds. The molecule has 0 aliphatic carbocycles. The van der Waals surface area contributed by atoms with Gasteiger partial charge in [-0.1, -0.05) is 0 Å². The molecule has 136 valence electrons. The van der Waals surface area contributed by atoms with E-state index in [2.05, 4.69) is 25.8 Å². The summed E-state index contributed by atoms with van der Waals surface area (Å²) in [6.07, 6.45) is 3.65. The number of hydrogen-bond donors (Lipinski definition) is 3. The highest BCUT2D eigenvalue weighted by Gasteiger charge is 2.31. The van der Waals surface area contributed by atoms with Crippen LogP contribution in [0.15, 0.2) is 18.3 Å². The number of aromatic nitrogens is 1. The van der Waals surface area contributed by atoms with Crippen molar-refractivity contribution in [3.8, 4) is 5.88 Å². The lowest BCUT2D eigenvalue weighted by molar-refractivity contribution is -0.127. The number of carbonyl (C=O) groups excluding carboxylic acids is 2. The summed E-state index contributed by atoms with van der Waals surface area (Å²) < 4.78 is 5.14. The van der Waals surface area contributed by atoms with Gasteiger partial charge in [-0.05, 0) is 31.9 Å². The maximum Gasteiger partial charge on any atom is 0.256 e. The molecule has 1 aromatic rings. The number of nitrogens with one attached hydrogen (secondary N) is 3. The molecule has 1 aromatic heterocycles. The molecular formula is C17H25N5O3. The van der Waals surface area contributed by atoms with Gasteiger partial charge in [-0.3, -0.25) is 19.8 Å². The maximum absolute atomic E-state index is 12.4. The van der Waals surface area contributed by atoms with Crippen molar-refractivity contribution < 1.29 is 14.3 Å². The number of methoxy groups -OCH3 is 1. The van der Waals surface area contributed by atoms with Gasteiger partial charge in [0.05, 0.1) is 7.11 Å². The number of ether oxygens (including phenoxy) is 1. The molecule has 2 aliphatic heterocycles. The summed E-state index contributed by atoms with van der Waals surface area (Å²) >= 11 is 0. The number of amides is 2. The minimum atomic E-state index is -0.166. The van der Waals surface area contributed by atoms with Crippen molar-refractivity contribution in [3.63, 3.8) is 0 Å². The van der Waals surface area contributed by atoms with Gasteiger partial charge in [-0.2, -0.15) is 0 Å². The van der Waals surface area contributed by atoms with Gasteiger partial charge in [-0.15, -0.1) is 0 Å². The Labute approximate surface area is 147 Å². The minimum Gasteiger partial charge on any atom is -0.480 e. The average molecular weight is 347 g/mol. The molecule has 0 aromatic carbocycles. The number of pyridine rings is 1. The smallest absolute Gasteiger partial charge is 0.256 e. The van der Waals surface area contributed by atoms with Crippen LogP contribution in [-0.4, -0.2) is 60.3 Å². The van der Waals surface area contributed by atoms with Crippen molar-refractivity contribution in [2.24, 2.45) is 0 Å². The SMILES string of the molecule is COc1ncccc1C(=O)NC1CCN(C2NC(=O)CC(C)N2)CC1. The Morgan fingerprint density at radius 2 is 2.16 bits per heavy atom. The monoisotopic (exact) mass is 347 g/mol. The Bertz CT molecular complexity index is 630. The van der Waals surface area contributed by atoms with Crippen molar-refractivity contribution in [3.05, 3.63) is 23.9 Å². The van der Waals surface area contributed by atoms with Crippen LogP contribution in [0, 0.1) is 0 Å². The normalized spacial score (nSPS) is 25.3. The quantitative estimate of drug-likeness (QED) is 0.713. The second kappa shape index (κ2) is 7.79. The second-order valence-electron chi connectivity index (χ2n) is 6.59. The summed E-state index contributed by atoms with van der Waals surface area (Å²) in [4.78, 5) is 30.4. The summed E-state index contributed by atoms with van der Waals surface area (Å²) in [5, 5.41) is 9.43. The van der Waals surface area contributed by atoms with Crippen LogP contribution in [0.1, 0.15) is 36.5 Å². The van der Waals surface area contributed by atoms with Crippen LogP contribution in [0.3, 0.4) is 0 Å². The van der Waals surface area contributed by atoms with Crippen molar-refractivity contribution in [1.82, 2.24) is 25.8 Å². The van der Waals surface area contributed by atoms with E-state index in [0.717, 1.165) is 25.9 Å². The fourth-order valence-corrected chi connectivity index (χ4v) is 3.35. The van der Waals surface area contributed by atoms with E-state index in [-0.39, 0.29) is 30.2 Å². The molecule has 2 unspecified atom stereocenters. The molecule has 0 radical (unpaired) electrons. The van der Waals surface area contributed by atoms with E-state index >= 15 is 0 Å². The zero-order valence-corrected chi connectivity index (χ0v) is 14.6. The van der Waals surface area contributed by atoms with Crippen molar-refractivity contribution in [1.29, 1.82) is 0 Å². The molecule has 0 saturated carbocycles.